The summed E-state index contributed by atoms with van der Waals surface area (Å²) < 4.78 is 7.23. The van der Waals surface area contributed by atoms with Gasteiger partial charge in [-0.1, -0.05) is 6.42 Å². The third kappa shape index (κ3) is 3.64. The molecule has 2 aliphatic heterocycles. The maximum atomic E-state index is 12.5. The van der Waals surface area contributed by atoms with Gasteiger partial charge in [0.2, 0.25) is 0 Å². The van der Waals surface area contributed by atoms with Crippen LogP contribution in [0.3, 0.4) is 0 Å². The Morgan fingerprint density at radius 3 is 2.89 bits per heavy atom. The van der Waals surface area contributed by atoms with Crippen LogP contribution in [0.25, 0.3) is 5.65 Å². The highest BCUT2D eigenvalue weighted by Gasteiger charge is 2.36. The zero-order chi connectivity index (χ0) is 19.7. The van der Waals surface area contributed by atoms with E-state index in [1.54, 1.807) is 35.9 Å². The first-order valence-electron chi connectivity index (χ1n) is 10.1. The van der Waals surface area contributed by atoms with Crippen LogP contribution in [0.4, 0.5) is 0 Å². The summed E-state index contributed by atoms with van der Waals surface area (Å²) in [6.07, 6.45) is 7.97. The van der Waals surface area contributed by atoms with Gasteiger partial charge in [-0.05, 0) is 25.5 Å². The molecule has 2 fully saturated rings. The number of piperidine rings is 1. The molecule has 4 rings (SSSR count). The van der Waals surface area contributed by atoms with Gasteiger partial charge in [0.25, 0.3) is 5.91 Å². The number of β-amino-alcohol motifs (C(OH)–C–C–N with tert-alkyl or cyclic N) is 1. The molecule has 1 N–H and O–H groups in total. The van der Waals surface area contributed by atoms with E-state index in [0.29, 0.717) is 43.8 Å². The molecule has 0 spiro atoms. The molecule has 8 nitrogen and oxygen atoms in total. The average molecular weight is 387 g/mol. The van der Waals surface area contributed by atoms with Crippen LogP contribution in [0.1, 0.15) is 54.2 Å². The fourth-order valence-corrected chi connectivity index (χ4v) is 4.36. The van der Waals surface area contributed by atoms with Crippen LogP contribution in [0.15, 0.2) is 18.5 Å². The van der Waals surface area contributed by atoms with Gasteiger partial charge >= 0.3 is 0 Å². The number of likely N-dealkylation sites (tertiary alicyclic amines) is 1. The highest BCUT2D eigenvalue weighted by atomic mass is 16.5. The number of carbonyl (C=O) groups is 1. The van der Waals surface area contributed by atoms with Gasteiger partial charge in [0, 0.05) is 52.9 Å². The summed E-state index contributed by atoms with van der Waals surface area (Å²) in [6, 6.07) is 2.13. The lowest BCUT2D eigenvalue weighted by Gasteiger charge is -2.42. The average Bonchev–Trinajstić information content (AvgIpc) is 3.12. The van der Waals surface area contributed by atoms with Gasteiger partial charge in [-0.3, -0.25) is 9.69 Å². The number of hydrogen-bond acceptors (Lipinski definition) is 6. The number of ether oxygens (including phenoxy) is 1. The first-order chi connectivity index (χ1) is 13.5. The SMILES string of the molecule is CN(C)C(=O)c1cnn2c([C@@H]3CCCCN3CC3(O)CCOCC3)ccnc12. The van der Waals surface area contributed by atoms with Crippen molar-refractivity contribution in [1.82, 2.24) is 24.4 Å². The van der Waals surface area contributed by atoms with E-state index in [2.05, 4.69) is 15.0 Å². The zero-order valence-corrected chi connectivity index (χ0v) is 16.7. The van der Waals surface area contributed by atoms with Crippen LogP contribution in [0.5, 0.6) is 0 Å². The molecule has 1 amide bonds. The van der Waals surface area contributed by atoms with Gasteiger partial charge in [0.1, 0.15) is 5.56 Å². The van der Waals surface area contributed by atoms with Crippen molar-refractivity contribution in [3.63, 3.8) is 0 Å². The van der Waals surface area contributed by atoms with Crippen LogP contribution in [-0.2, 0) is 4.74 Å². The van der Waals surface area contributed by atoms with Crippen molar-refractivity contribution in [3.8, 4) is 0 Å². The van der Waals surface area contributed by atoms with E-state index in [-0.39, 0.29) is 11.9 Å². The van der Waals surface area contributed by atoms with E-state index < -0.39 is 5.60 Å². The lowest BCUT2D eigenvalue weighted by molar-refractivity contribution is -0.0890. The number of nitrogens with zero attached hydrogens (tertiary/aromatic N) is 5. The molecule has 0 aromatic carbocycles. The van der Waals surface area contributed by atoms with Gasteiger partial charge in [-0.2, -0.15) is 5.10 Å². The van der Waals surface area contributed by atoms with Crippen molar-refractivity contribution >= 4 is 11.6 Å². The zero-order valence-electron chi connectivity index (χ0n) is 16.7. The molecule has 2 saturated heterocycles. The van der Waals surface area contributed by atoms with E-state index in [9.17, 15) is 9.90 Å². The minimum Gasteiger partial charge on any atom is -0.388 e. The quantitative estimate of drug-likeness (QED) is 0.856. The van der Waals surface area contributed by atoms with Crippen molar-refractivity contribution < 1.29 is 14.6 Å². The summed E-state index contributed by atoms with van der Waals surface area (Å²) in [5, 5.41) is 15.5. The molecule has 2 aromatic rings. The second-order valence-electron chi connectivity index (χ2n) is 8.18. The number of carbonyl (C=O) groups excluding carboxylic acids is 1. The Balaban J connectivity index is 1.66. The highest BCUT2D eigenvalue weighted by molar-refractivity contribution is 5.99. The Kier molecular flexibility index (Phi) is 5.35. The number of fused-ring (bicyclic) bond motifs is 1. The topological polar surface area (TPSA) is 83.2 Å². The molecule has 0 saturated carbocycles. The van der Waals surface area contributed by atoms with Crippen molar-refractivity contribution in [3.05, 3.63) is 29.7 Å². The number of amides is 1. The number of aromatic nitrogens is 3. The third-order valence-corrected chi connectivity index (χ3v) is 5.94. The smallest absolute Gasteiger partial charge is 0.258 e. The second-order valence-corrected chi connectivity index (χ2v) is 8.18. The molecular weight excluding hydrogens is 358 g/mol. The van der Waals surface area contributed by atoms with Crippen LogP contribution < -0.4 is 0 Å². The minimum absolute atomic E-state index is 0.100. The largest absolute Gasteiger partial charge is 0.388 e. The molecule has 2 aliphatic rings. The summed E-state index contributed by atoms with van der Waals surface area (Å²) in [6.45, 7) is 2.81. The molecule has 0 bridgehead atoms. The Morgan fingerprint density at radius 1 is 1.36 bits per heavy atom. The number of aliphatic hydroxyl groups is 1. The van der Waals surface area contributed by atoms with Crippen LogP contribution in [0.2, 0.25) is 0 Å². The summed E-state index contributed by atoms with van der Waals surface area (Å²) in [7, 11) is 3.46. The van der Waals surface area contributed by atoms with E-state index >= 15 is 0 Å². The monoisotopic (exact) mass is 387 g/mol. The second kappa shape index (κ2) is 7.77. The fraction of sp³-hybridized carbons (Fsp3) is 0.650. The van der Waals surface area contributed by atoms with E-state index in [1.165, 1.54) is 0 Å². The molecule has 4 heterocycles. The first-order valence-corrected chi connectivity index (χ1v) is 10.1. The van der Waals surface area contributed by atoms with Crippen LogP contribution in [0, 0.1) is 0 Å². The minimum atomic E-state index is -0.698. The molecular formula is C20H29N5O3. The lowest BCUT2D eigenvalue weighted by Crippen LogP contribution is -2.49. The molecule has 1 atom stereocenters. The summed E-state index contributed by atoms with van der Waals surface area (Å²) in [4.78, 5) is 20.8. The molecule has 0 aliphatic carbocycles. The van der Waals surface area contributed by atoms with Gasteiger partial charge < -0.3 is 14.7 Å². The van der Waals surface area contributed by atoms with Crippen molar-refractivity contribution in [1.29, 1.82) is 0 Å². The summed E-state index contributed by atoms with van der Waals surface area (Å²) >= 11 is 0. The Hall–Kier alpha value is -2.03. The van der Waals surface area contributed by atoms with Gasteiger partial charge in [-0.15, -0.1) is 0 Å². The highest BCUT2D eigenvalue weighted by Crippen LogP contribution is 2.34. The van der Waals surface area contributed by atoms with E-state index in [1.807, 2.05) is 6.07 Å². The van der Waals surface area contributed by atoms with Gasteiger partial charge in [-0.25, -0.2) is 9.50 Å². The normalized spacial score (nSPS) is 23.0. The molecule has 0 radical (unpaired) electrons. The molecule has 0 unspecified atom stereocenters. The lowest BCUT2D eigenvalue weighted by atomic mass is 9.90. The van der Waals surface area contributed by atoms with Crippen LogP contribution >= 0.6 is 0 Å². The fourth-order valence-electron chi connectivity index (χ4n) is 4.36. The Bertz CT molecular complexity index is 843. The number of rotatable bonds is 4. The van der Waals surface area contributed by atoms with E-state index in [4.69, 9.17) is 4.74 Å². The maximum Gasteiger partial charge on any atom is 0.258 e. The molecule has 28 heavy (non-hydrogen) atoms. The first kappa shape index (κ1) is 19.3. The molecule has 2 aromatic heterocycles. The number of hydrogen-bond donors (Lipinski definition) is 1. The van der Waals surface area contributed by atoms with Crippen LogP contribution in [-0.4, -0.2) is 81.4 Å². The molecule has 152 valence electrons. The molecule has 8 heteroatoms. The van der Waals surface area contributed by atoms with Gasteiger partial charge in [0.15, 0.2) is 5.65 Å². The predicted molar refractivity (Wildman–Crippen MR) is 104 cm³/mol. The third-order valence-electron chi connectivity index (χ3n) is 5.94. The summed E-state index contributed by atoms with van der Waals surface area (Å²) in [5.74, 6) is -0.100. The van der Waals surface area contributed by atoms with E-state index in [0.717, 1.165) is 31.5 Å². The predicted octanol–water partition coefficient (Wildman–Crippen LogP) is 1.50. The van der Waals surface area contributed by atoms with Gasteiger partial charge in [0.05, 0.1) is 23.5 Å². The Morgan fingerprint density at radius 2 is 2.14 bits per heavy atom. The van der Waals surface area contributed by atoms with Crippen molar-refractivity contribution in [2.24, 2.45) is 0 Å². The standard InChI is InChI=1S/C20H29N5O3/c1-23(2)19(26)15-13-22-25-17(6-9-21-18(15)25)16-5-3-4-10-24(16)14-20(27)7-11-28-12-8-20/h6,9,13,16,27H,3-5,7-8,10-12,14H2,1-2H3/t16-/m0/s1. The van der Waals surface area contributed by atoms with Crippen molar-refractivity contribution in [2.45, 2.75) is 43.7 Å². The Labute approximate surface area is 165 Å². The maximum absolute atomic E-state index is 12.5. The summed E-state index contributed by atoms with van der Waals surface area (Å²) in [5.41, 5.74) is 1.43. The van der Waals surface area contributed by atoms with Crippen molar-refractivity contribution in [2.75, 3.05) is 40.4 Å².